The molecule has 0 saturated carbocycles. The molecular formula is C9H12N3NiO2S+3. The Balaban J connectivity index is 0.00000225. The Labute approximate surface area is 109 Å². The van der Waals surface area contributed by atoms with Crippen molar-refractivity contribution >= 4 is 23.5 Å². The molecule has 0 heterocycles. The maximum Gasteiger partial charge on any atom is 2.00 e. The number of hydrogen-bond donors (Lipinski definition) is 2. The molecule has 0 atom stereocenters. The van der Waals surface area contributed by atoms with Gasteiger partial charge < -0.3 is 15.6 Å². The smallest absolute Gasteiger partial charge is 0.590 e. The van der Waals surface area contributed by atoms with Crippen LogP contribution in [0.1, 0.15) is 5.56 Å². The van der Waals surface area contributed by atoms with Crippen molar-refractivity contribution in [2.75, 3.05) is 7.11 Å². The van der Waals surface area contributed by atoms with Crippen LogP contribution in [0.25, 0.3) is 0 Å². The fraction of sp³-hybridized carbons (Fsp3) is 0.111. The number of thiocarbonyl (C=S) groups is 1. The van der Waals surface area contributed by atoms with Gasteiger partial charge in [-0.25, -0.2) is 0 Å². The van der Waals surface area contributed by atoms with Crippen molar-refractivity contribution in [3.05, 3.63) is 23.8 Å². The van der Waals surface area contributed by atoms with Crippen LogP contribution in [-0.4, -0.2) is 23.5 Å². The third-order valence-electron chi connectivity index (χ3n) is 1.66. The average molecular weight is 285 g/mol. The Hall–Kier alpha value is -1.33. The van der Waals surface area contributed by atoms with Crippen LogP contribution in [0.3, 0.4) is 0 Å². The van der Waals surface area contributed by atoms with E-state index in [1.54, 1.807) is 18.2 Å². The fourth-order valence-corrected chi connectivity index (χ4v) is 1.04. The summed E-state index contributed by atoms with van der Waals surface area (Å²) in [5.41, 5.74) is 8.22. The molecule has 7 heteroatoms. The third-order valence-corrected chi connectivity index (χ3v) is 1.75. The first-order chi connectivity index (χ1) is 7.15. The largest absolute Gasteiger partial charge is 2.00 e. The van der Waals surface area contributed by atoms with Crippen LogP contribution in [0.15, 0.2) is 23.3 Å². The van der Waals surface area contributed by atoms with Gasteiger partial charge >= 0.3 is 22.2 Å². The van der Waals surface area contributed by atoms with Crippen molar-refractivity contribution in [1.82, 2.24) is 5.43 Å². The number of benzene rings is 1. The second-order valence-electron chi connectivity index (χ2n) is 2.66. The normalized spacial score (nSPS) is 9.56. The van der Waals surface area contributed by atoms with Crippen LogP contribution in [0.4, 0.5) is 0 Å². The van der Waals surface area contributed by atoms with Gasteiger partial charge in [0.25, 0.3) is 0 Å². The molecule has 0 unspecified atom stereocenters. The second kappa shape index (κ2) is 7.03. The van der Waals surface area contributed by atoms with Crippen molar-refractivity contribution in [3.63, 3.8) is 0 Å². The molecule has 0 aliphatic heterocycles. The topological polar surface area (TPSA) is 82.5 Å². The van der Waals surface area contributed by atoms with Gasteiger partial charge in [0.15, 0.2) is 5.11 Å². The van der Waals surface area contributed by atoms with Crippen LogP contribution in [0.5, 0.6) is 11.5 Å². The molecule has 88 valence electrons. The molecule has 0 amide bonds. The van der Waals surface area contributed by atoms with Gasteiger partial charge in [-0.1, -0.05) is 6.07 Å². The van der Waals surface area contributed by atoms with Crippen LogP contribution in [-0.2, 0) is 16.5 Å². The van der Waals surface area contributed by atoms with E-state index in [1.807, 2.05) is 0 Å². The molecule has 0 radical (unpaired) electrons. The molecule has 1 aromatic rings. The minimum absolute atomic E-state index is 0. The van der Waals surface area contributed by atoms with E-state index in [2.05, 4.69) is 22.7 Å². The molecule has 16 heavy (non-hydrogen) atoms. The summed E-state index contributed by atoms with van der Waals surface area (Å²) in [4.78, 5) is 0. The van der Waals surface area contributed by atoms with Crippen molar-refractivity contribution in [3.8, 4) is 11.5 Å². The van der Waals surface area contributed by atoms with E-state index in [9.17, 15) is 0 Å². The number of nitrogens with zero attached hydrogens (tertiary/aromatic N) is 1. The van der Waals surface area contributed by atoms with Gasteiger partial charge in [-0.15, -0.1) is 0 Å². The van der Waals surface area contributed by atoms with E-state index in [4.69, 9.17) is 15.6 Å². The van der Waals surface area contributed by atoms with Crippen LogP contribution >= 0.6 is 12.2 Å². The van der Waals surface area contributed by atoms with Gasteiger partial charge in [0.05, 0.1) is 18.9 Å². The van der Waals surface area contributed by atoms with E-state index < -0.39 is 0 Å². The Kier molecular flexibility index (Phi) is 6.45. The molecule has 0 fully saturated rings. The number of para-hydroxylation sites is 1. The molecule has 0 saturated heterocycles. The zero-order valence-corrected chi connectivity index (χ0v) is 10.3. The minimum Gasteiger partial charge on any atom is -0.590 e. The standard InChI is InChI=1S/C9H11N3O2S.Ni/c1-14-7-4-2-3-6(8(7)13)5-11-12-9(10)15;/h2-5,13H,1H3,(H3,10,12,15);/q;+2/p+1. The number of hydrogen-bond acceptors (Lipinski definition) is 3. The maximum absolute atomic E-state index is 7.72. The number of nitrogens with one attached hydrogen (secondary N) is 1. The second-order valence-corrected chi connectivity index (χ2v) is 3.10. The quantitative estimate of drug-likeness (QED) is 0.275. The van der Waals surface area contributed by atoms with Crippen LogP contribution in [0.2, 0.25) is 0 Å². The number of rotatable bonds is 3. The molecule has 0 aliphatic rings. The number of ether oxygens (including phenoxy) is 1. The Bertz CT molecular complexity index is 398. The Morgan fingerprint density at radius 1 is 1.62 bits per heavy atom. The summed E-state index contributed by atoms with van der Waals surface area (Å²) in [5.74, 6) is 0.766. The van der Waals surface area contributed by atoms with Gasteiger partial charge in [-0.3, -0.25) is 5.43 Å². The average Bonchev–Trinajstić information content (AvgIpc) is 2.20. The summed E-state index contributed by atoms with van der Waals surface area (Å²) in [7, 11) is 1.52. The van der Waals surface area contributed by atoms with E-state index >= 15 is 0 Å². The fourth-order valence-electron chi connectivity index (χ4n) is 0.991. The summed E-state index contributed by atoms with van der Waals surface area (Å²) >= 11 is 4.57. The van der Waals surface area contributed by atoms with Crippen molar-refractivity contribution in [2.24, 2.45) is 10.8 Å². The van der Waals surface area contributed by atoms with E-state index in [-0.39, 0.29) is 27.4 Å². The van der Waals surface area contributed by atoms with E-state index in [1.165, 1.54) is 13.3 Å². The van der Waals surface area contributed by atoms with Crippen LogP contribution < -0.4 is 15.9 Å². The van der Waals surface area contributed by atoms with Gasteiger partial charge in [-0.2, -0.15) is 5.10 Å². The Morgan fingerprint density at radius 2 is 2.31 bits per heavy atom. The summed E-state index contributed by atoms with van der Waals surface area (Å²) in [5, 5.41) is 11.6. The van der Waals surface area contributed by atoms with Gasteiger partial charge in [0.2, 0.25) is 5.75 Å². The van der Waals surface area contributed by atoms with Crippen LogP contribution in [0, 0.1) is 0 Å². The monoisotopic (exact) mass is 284 g/mol. The first kappa shape index (κ1) is 14.7. The van der Waals surface area contributed by atoms with Gasteiger partial charge in [0.1, 0.15) is 0 Å². The zero-order chi connectivity index (χ0) is 11.3. The minimum atomic E-state index is 0. The molecular weight excluding hydrogens is 273 g/mol. The molecule has 0 spiro atoms. The molecule has 5 N–H and O–H groups in total. The molecule has 0 aromatic heterocycles. The predicted molar refractivity (Wildman–Crippen MR) is 63.6 cm³/mol. The molecule has 1 aromatic carbocycles. The number of nitrogens with two attached hydrogens (primary N) is 1. The summed E-state index contributed by atoms with van der Waals surface area (Å²) in [6.45, 7) is 0. The summed E-state index contributed by atoms with van der Waals surface area (Å²) in [6.07, 6.45) is 1.46. The third kappa shape index (κ3) is 4.04. The maximum atomic E-state index is 7.72. The van der Waals surface area contributed by atoms with Gasteiger partial charge in [0, 0.05) is 0 Å². The molecule has 0 bridgehead atoms. The van der Waals surface area contributed by atoms with Crippen molar-refractivity contribution in [2.45, 2.75) is 0 Å². The Morgan fingerprint density at radius 3 is 2.88 bits per heavy atom. The summed E-state index contributed by atoms with van der Waals surface area (Å²) < 4.78 is 4.99. The van der Waals surface area contributed by atoms with E-state index in [0.717, 1.165) is 0 Å². The zero-order valence-electron chi connectivity index (χ0n) is 8.47. The SMILES string of the molecule is COc1cccc(C=NNC(N)=S)c1[OH2+].[Ni+2]. The van der Waals surface area contributed by atoms with Gasteiger partial charge in [-0.05, 0) is 24.4 Å². The molecule has 0 aliphatic carbocycles. The first-order valence-corrected chi connectivity index (χ1v) is 4.53. The first-order valence-electron chi connectivity index (χ1n) is 4.12. The number of methoxy groups -OCH3 is 1. The van der Waals surface area contributed by atoms with Crippen molar-refractivity contribution < 1.29 is 26.3 Å². The van der Waals surface area contributed by atoms with Crippen molar-refractivity contribution in [1.29, 1.82) is 0 Å². The number of hydrazone groups is 1. The molecule has 1 rings (SSSR count). The van der Waals surface area contributed by atoms with E-state index in [0.29, 0.717) is 11.3 Å². The predicted octanol–water partition coefficient (Wildman–Crippen LogP) is 0.298. The summed E-state index contributed by atoms with van der Waals surface area (Å²) in [6, 6.07) is 5.23. The molecule has 5 nitrogen and oxygen atoms in total.